The Morgan fingerprint density at radius 3 is 2.22 bits per heavy atom. The Labute approximate surface area is 219 Å². The van der Waals surface area contributed by atoms with E-state index in [1.54, 1.807) is 6.07 Å². The van der Waals surface area contributed by atoms with E-state index >= 15 is 0 Å². The smallest absolute Gasteiger partial charge is 0.252 e. The van der Waals surface area contributed by atoms with E-state index in [0.717, 1.165) is 70.0 Å². The van der Waals surface area contributed by atoms with Gasteiger partial charge in [0.1, 0.15) is 6.61 Å². The topological polar surface area (TPSA) is 81.7 Å². The molecule has 1 aliphatic rings. The highest BCUT2D eigenvalue weighted by Gasteiger charge is 2.11. The van der Waals surface area contributed by atoms with Crippen molar-refractivity contribution in [2.24, 2.45) is 0 Å². The van der Waals surface area contributed by atoms with Gasteiger partial charge in [-0.3, -0.25) is 14.7 Å². The monoisotopic (exact) mass is 502 g/mol. The van der Waals surface area contributed by atoms with Crippen molar-refractivity contribution >= 4 is 11.9 Å². The van der Waals surface area contributed by atoms with Crippen LogP contribution in [0.15, 0.2) is 41.2 Å². The number of rotatable bonds is 10. The SMILES string of the molecule is CC.CC.CCCN(CCC)c1cc(OCCN2CCOCC2)[nH]c(=O)c1.Cc1cccc(C=N)c1. The van der Waals surface area contributed by atoms with Gasteiger partial charge in [-0.15, -0.1) is 0 Å². The number of H-pyrrole nitrogens is 1. The number of aryl methyl sites for hydroxylation is 1. The summed E-state index contributed by atoms with van der Waals surface area (Å²) in [6.45, 7) is 21.1. The van der Waals surface area contributed by atoms with Crippen molar-refractivity contribution in [1.82, 2.24) is 9.88 Å². The number of benzene rings is 1. The quantitative estimate of drug-likeness (QED) is 0.404. The van der Waals surface area contributed by atoms with Gasteiger partial charge in [-0.1, -0.05) is 71.4 Å². The van der Waals surface area contributed by atoms with Crippen LogP contribution in [0.2, 0.25) is 0 Å². The predicted octanol–water partition coefficient (Wildman–Crippen LogP) is 5.76. The fraction of sp³-hybridized carbons (Fsp3) is 0.586. The summed E-state index contributed by atoms with van der Waals surface area (Å²) in [7, 11) is 0. The predicted molar refractivity (Wildman–Crippen MR) is 154 cm³/mol. The van der Waals surface area contributed by atoms with Gasteiger partial charge in [0.15, 0.2) is 5.88 Å². The van der Waals surface area contributed by atoms with Gasteiger partial charge in [0, 0.05) is 56.8 Å². The number of aromatic amines is 1. The Kier molecular flexibility index (Phi) is 20.0. The molecule has 0 bridgehead atoms. The molecule has 3 rings (SSSR count). The number of hydrogen-bond acceptors (Lipinski definition) is 6. The summed E-state index contributed by atoms with van der Waals surface area (Å²) in [5.74, 6) is 0.554. The van der Waals surface area contributed by atoms with Gasteiger partial charge < -0.3 is 19.8 Å². The van der Waals surface area contributed by atoms with Crippen LogP contribution in [-0.4, -0.2) is 68.6 Å². The maximum Gasteiger partial charge on any atom is 0.252 e. The van der Waals surface area contributed by atoms with E-state index in [9.17, 15) is 4.79 Å². The average Bonchev–Trinajstić information content (AvgIpc) is 2.91. The molecule has 0 amide bonds. The first kappa shape index (κ1) is 33.4. The molecule has 0 aliphatic carbocycles. The summed E-state index contributed by atoms with van der Waals surface area (Å²) < 4.78 is 11.1. The Morgan fingerprint density at radius 1 is 1.06 bits per heavy atom. The molecule has 1 aromatic heterocycles. The Hall–Kier alpha value is -2.64. The van der Waals surface area contributed by atoms with Crippen LogP contribution in [0.1, 0.15) is 65.5 Å². The minimum absolute atomic E-state index is 0.110. The Bertz CT molecular complexity index is 858. The molecule has 0 atom stereocenters. The van der Waals surface area contributed by atoms with Crippen molar-refractivity contribution < 1.29 is 9.47 Å². The molecule has 1 fully saturated rings. The second kappa shape index (κ2) is 21.6. The van der Waals surface area contributed by atoms with Crippen molar-refractivity contribution in [2.75, 3.05) is 57.4 Å². The summed E-state index contributed by atoms with van der Waals surface area (Å²) >= 11 is 0. The van der Waals surface area contributed by atoms with E-state index in [4.69, 9.17) is 14.9 Å². The molecular formula is C29H50N4O3. The van der Waals surface area contributed by atoms with E-state index in [2.05, 4.69) is 28.6 Å². The highest BCUT2D eigenvalue weighted by molar-refractivity contribution is 5.76. The van der Waals surface area contributed by atoms with Crippen molar-refractivity contribution in [3.8, 4) is 5.88 Å². The van der Waals surface area contributed by atoms with Crippen LogP contribution in [0.25, 0.3) is 0 Å². The fourth-order valence-electron chi connectivity index (χ4n) is 3.54. The number of aromatic nitrogens is 1. The molecule has 2 aromatic rings. The third-order valence-corrected chi connectivity index (χ3v) is 5.13. The van der Waals surface area contributed by atoms with Gasteiger partial charge >= 0.3 is 0 Å². The van der Waals surface area contributed by atoms with Crippen LogP contribution in [0, 0.1) is 12.3 Å². The number of morpholine rings is 1. The normalized spacial score (nSPS) is 12.5. The zero-order valence-corrected chi connectivity index (χ0v) is 23.7. The molecule has 2 N–H and O–H groups in total. The van der Waals surface area contributed by atoms with Crippen LogP contribution in [0.3, 0.4) is 0 Å². The largest absolute Gasteiger partial charge is 0.477 e. The second-order valence-corrected chi connectivity index (χ2v) is 7.92. The van der Waals surface area contributed by atoms with E-state index < -0.39 is 0 Å². The molecule has 2 heterocycles. The first-order valence-corrected chi connectivity index (χ1v) is 13.5. The maximum atomic E-state index is 11.9. The number of pyridine rings is 1. The highest BCUT2D eigenvalue weighted by Crippen LogP contribution is 2.17. The molecule has 7 heteroatoms. The van der Waals surface area contributed by atoms with Gasteiger partial charge in [0.05, 0.1) is 13.2 Å². The molecule has 0 saturated carbocycles. The second-order valence-electron chi connectivity index (χ2n) is 7.92. The standard InChI is InChI=1S/C17H29N3O3.C8H9N.2C2H6/c1-3-5-20(6-4-2)15-13-16(21)18-17(14-15)23-12-9-19-7-10-22-11-8-19;1-7-3-2-4-8(5-7)6-9;2*1-2/h13-14H,3-12H2,1-2H3,(H,18,21);2-6,9H,1H3;2*1-2H3. The van der Waals surface area contributed by atoms with Crippen LogP contribution < -0.4 is 15.2 Å². The van der Waals surface area contributed by atoms with Crippen molar-refractivity contribution in [1.29, 1.82) is 5.41 Å². The molecule has 0 radical (unpaired) electrons. The van der Waals surface area contributed by atoms with Crippen molar-refractivity contribution in [2.45, 2.75) is 61.3 Å². The molecule has 1 aliphatic heterocycles. The first-order chi connectivity index (χ1) is 17.5. The van der Waals surface area contributed by atoms with Gasteiger partial charge in [-0.2, -0.15) is 0 Å². The third kappa shape index (κ3) is 14.0. The van der Waals surface area contributed by atoms with E-state index in [1.807, 2.05) is 65.0 Å². The lowest BCUT2D eigenvalue weighted by Crippen LogP contribution is -2.38. The number of hydrogen-bond donors (Lipinski definition) is 2. The maximum absolute atomic E-state index is 11.9. The zero-order chi connectivity index (χ0) is 27.2. The average molecular weight is 503 g/mol. The van der Waals surface area contributed by atoms with Gasteiger partial charge in [-0.25, -0.2) is 0 Å². The fourth-order valence-corrected chi connectivity index (χ4v) is 3.54. The van der Waals surface area contributed by atoms with Crippen molar-refractivity contribution in [3.05, 3.63) is 57.9 Å². The molecule has 36 heavy (non-hydrogen) atoms. The van der Waals surface area contributed by atoms with Crippen molar-refractivity contribution in [3.63, 3.8) is 0 Å². The lowest BCUT2D eigenvalue weighted by Gasteiger charge is -2.26. The van der Waals surface area contributed by atoms with Crippen LogP contribution in [-0.2, 0) is 4.74 Å². The molecule has 204 valence electrons. The number of nitrogens with one attached hydrogen (secondary N) is 2. The van der Waals surface area contributed by atoms with Gasteiger partial charge in [0.2, 0.25) is 0 Å². The Morgan fingerprint density at radius 2 is 1.69 bits per heavy atom. The number of ether oxygens (including phenoxy) is 2. The van der Waals surface area contributed by atoms with E-state index in [0.29, 0.717) is 12.5 Å². The summed E-state index contributed by atoms with van der Waals surface area (Å²) in [4.78, 5) is 19.2. The minimum atomic E-state index is -0.110. The lowest BCUT2D eigenvalue weighted by atomic mass is 10.2. The summed E-state index contributed by atoms with van der Waals surface area (Å²) in [5.41, 5.74) is 3.01. The molecule has 0 unspecified atom stereocenters. The summed E-state index contributed by atoms with van der Waals surface area (Å²) in [5, 5.41) is 6.92. The zero-order valence-electron chi connectivity index (χ0n) is 23.7. The van der Waals surface area contributed by atoms with Crippen LogP contribution in [0.5, 0.6) is 5.88 Å². The first-order valence-electron chi connectivity index (χ1n) is 13.5. The summed E-state index contributed by atoms with van der Waals surface area (Å²) in [6.07, 6.45) is 3.47. The van der Waals surface area contributed by atoms with E-state index in [-0.39, 0.29) is 5.56 Å². The third-order valence-electron chi connectivity index (χ3n) is 5.13. The minimum Gasteiger partial charge on any atom is -0.477 e. The Balaban J connectivity index is 0.000000783. The van der Waals surface area contributed by atoms with Gasteiger partial charge in [-0.05, 0) is 25.3 Å². The van der Waals surface area contributed by atoms with Crippen LogP contribution in [0.4, 0.5) is 5.69 Å². The van der Waals surface area contributed by atoms with Crippen LogP contribution >= 0.6 is 0 Å². The van der Waals surface area contributed by atoms with E-state index in [1.165, 1.54) is 11.8 Å². The summed E-state index contributed by atoms with van der Waals surface area (Å²) in [6, 6.07) is 11.5. The van der Waals surface area contributed by atoms with Gasteiger partial charge in [0.25, 0.3) is 5.56 Å². The molecule has 0 spiro atoms. The molecule has 7 nitrogen and oxygen atoms in total. The molecule has 1 aromatic carbocycles. The highest BCUT2D eigenvalue weighted by atomic mass is 16.5. The molecule has 1 saturated heterocycles. The molecular weight excluding hydrogens is 452 g/mol. The number of anilines is 1. The number of nitrogens with zero attached hydrogens (tertiary/aromatic N) is 2. The lowest BCUT2D eigenvalue weighted by molar-refractivity contribution is 0.0320.